The summed E-state index contributed by atoms with van der Waals surface area (Å²) in [6.45, 7) is 5.85. The van der Waals surface area contributed by atoms with Gasteiger partial charge in [0.1, 0.15) is 17.3 Å². The lowest BCUT2D eigenvalue weighted by Gasteiger charge is -1.99. The number of carbonyl (C=O) groups is 1. The van der Waals surface area contributed by atoms with Crippen LogP contribution >= 0.6 is 11.3 Å². The van der Waals surface area contributed by atoms with Gasteiger partial charge in [0.15, 0.2) is 0 Å². The van der Waals surface area contributed by atoms with Gasteiger partial charge < -0.3 is 9.21 Å². The fourth-order valence-corrected chi connectivity index (χ4v) is 3.73. The van der Waals surface area contributed by atoms with Crippen molar-refractivity contribution in [1.82, 2.24) is 4.57 Å². The van der Waals surface area contributed by atoms with Crippen LogP contribution < -0.4 is 14.8 Å². The van der Waals surface area contributed by atoms with Gasteiger partial charge >= 0.3 is 0 Å². The molecule has 0 unspecified atom stereocenters. The minimum atomic E-state index is -0.463. The molecule has 0 fully saturated rings. The second kappa shape index (κ2) is 8.18. The van der Waals surface area contributed by atoms with Crippen molar-refractivity contribution in [3.63, 3.8) is 0 Å². The van der Waals surface area contributed by atoms with Gasteiger partial charge in [-0.3, -0.25) is 19.5 Å². The monoisotopic (exact) mass is 398 g/mol. The molecular weight excluding hydrogens is 380 g/mol. The van der Waals surface area contributed by atoms with E-state index in [0.29, 0.717) is 45.7 Å². The van der Waals surface area contributed by atoms with Crippen molar-refractivity contribution < 1.29 is 14.1 Å². The van der Waals surface area contributed by atoms with Crippen molar-refractivity contribution in [3.8, 4) is 11.3 Å². The van der Waals surface area contributed by atoms with Gasteiger partial charge in [-0.15, -0.1) is 11.3 Å². The van der Waals surface area contributed by atoms with Crippen LogP contribution in [0.15, 0.2) is 45.6 Å². The smallest absolute Gasteiger partial charge is 0.280 e. The second-order valence-corrected chi connectivity index (χ2v) is 7.36. The first-order valence-corrected chi connectivity index (χ1v) is 9.42. The first-order chi connectivity index (χ1) is 13.4. The van der Waals surface area contributed by atoms with E-state index in [-0.39, 0.29) is 17.0 Å². The molecule has 0 aliphatic rings. The van der Waals surface area contributed by atoms with Crippen molar-refractivity contribution in [2.45, 2.75) is 26.3 Å². The third-order valence-corrected chi connectivity index (χ3v) is 5.13. The van der Waals surface area contributed by atoms with Crippen LogP contribution in [0, 0.1) is 10.1 Å². The fourth-order valence-electron chi connectivity index (χ4n) is 2.82. The SMILES string of the molecule is C=c1s/c(=C\c2ccc(-c3ccccc3[N+](=O)[O-])o2)c(=O)n1CCCC(C)=O. The zero-order valence-electron chi connectivity index (χ0n) is 15.2. The lowest BCUT2D eigenvalue weighted by atomic mass is 10.1. The first kappa shape index (κ1) is 19.5. The number of rotatable bonds is 7. The normalized spacial score (nSPS) is 11.7. The Morgan fingerprint density at radius 1 is 1.32 bits per heavy atom. The maximum Gasteiger partial charge on any atom is 0.280 e. The van der Waals surface area contributed by atoms with E-state index in [1.165, 1.54) is 24.3 Å². The summed E-state index contributed by atoms with van der Waals surface area (Å²) >= 11 is 1.24. The van der Waals surface area contributed by atoms with Crippen LogP contribution in [0.5, 0.6) is 0 Å². The molecular formula is C20H18N2O5S. The van der Waals surface area contributed by atoms with E-state index >= 15 is 0 Å². The molecule has 0 amide bonds. The topological polar surface area (TPSA) is 95.3 Å². The van der Waals surface area contributed by atoms with E-state index in [0.717, 1.165) is 0 Å². The maximum absolute atomic E-state index is 12.6. The Morgan fingerprint density at radius 2 is 2.07 bits per heavy atom. The predicted octanol–water partition coefficient (Wildman–Crippen LogP) is 2.69. The number of aromatic nitrogens is 1. The second-order valence-electron chi connectivity index (χ2n) is 6.24. The van der Waals surface area contributed by atoms with E-state index in [9.17, 15) is 19.7 Å². The summed E-state index contributed by atoms with van der Waals surface area (Å²) in [5.74, 6) is 0.855. The zero-order chi connectivity index (χ0) is 20.3. The molecule has 0 saturated heterocycles. The van der Waals surface area contributed by atoms with Crippen LogP contribution in [0.25, 0.3) is 24.0 Å². The number of carbonyl (C=O) groups excluding carboxylic acids is 1. The lowest BCUT2D eigenvalue weighted by molar-refractivity contribution is -0.384. The van der Waals surface area contributed by atoms with Crippen molar-refractivity contribution >= 4 is 35.5 Å². The number of hydrogen-bond acceptors (Lipinski definition) is 6. The number of furan rings is 1. The predicted molar refractivity (Wildman–Crippen MR) is 108 cm³/mol. The summed E-state index contributed by atoms with van der Waals surface area (Å²) in [5, 5.41) is 11.2. The molecule has 0 saturated carbocycles. The molecule has 1 aromatic carbocycles. The summed E-state index contributed by atoms with van der Waals surface area (Å²) in [6.07, 6.45) is 2.59. The molecule has 3 aromatic rings. The molecule has 144 valence electrons. The van der Waals surface area contributed by atoms with Crippen LogP contribution in [0.4, 0.5) is 5.69 Å². The van der Waals surface area contributed by atoms with Gasteiger partial charge in [0.2, 0.25) is 0 Å². The average molecular weight is 398 g/mol. The van der Waals surface area contributed by atoms with E-state index in [1.54, 1.807) is 41.0 Å². The van der Waals surface area contributed by atoms with Crippen LogP contribution in [-0.4, -0.2) is 15.3 Å². The Labute approximate surface area is 164 Å². The number of benzene rings is 1. The van der Waals surface area contributed by atoms with Crippen molar-refractivity contribution in [3.05, 3.63) is 71.8 Å². The largest absolute Gasteiger partial charge is 0.456 e. The number of para-hydroxylation sites is 1. The van der Waals surface area contributed by atoms with Crippen LogP contribution in [0.3, 0.4) is 0 Å². The number of ketones is 1. The van der Waals surface area contributed by atoms with E-state index < -0.39 is 4.92 Å². The summed E-state index contributed by atoms with van der Waals surface area (Å²) in [5.41, 5.74) is 0.132. The zero-order valence-corrected chi connectivity index (χ0v) is 16.0. The molecule has 0 spiro atoms. The molecule has 28 heavy (non-hydrogen) atoms. The number of nitrogens with zero attached hydrogens (tertiary/aromatic N) is 2. The number of nitro groups is 1. The molecule has 0 N–H and O–H groups in total. The Hall–Kier alpha value is -3.26. The van der Waals surface area contributed by atoms with E-state index in [2.05, 4.69) is 6.58 Å². The molecule has 7 nitrogen and oxygen atoms in total. The maximum atomic E-state index is 12.6. The van der Waals surface area contributed by atoms with Crippen molar-refractivity contribution in [2.24, 2.45) is 0 Å². The third kappa shape index (κ3) is 4.17. The minimum Gasteiger partial charge on any atom is -0.456 e. The highest BCUT2D eigenvalue weighted by atomic mass is 32.1. The average Bonchev–Trinajstić information content (AvgIpc) is 3.21. The summed E-state index contributed by atoms with van der Waals surface area (Å²) in [6, 6.07) is 9.61. The van der Waals surface area contributed by atoms with Gasteiger partial charge in [-0.25, -0.2) is 0 Å². The molecule has 0 bridgehead atoms. The number of Topliss-reactive ketones (excluding diaryl/α,β-unsaturated/α-hetero) is 1. The molecule has 2 aromatic heterocycles. The molecule has 3 rings (SSSR count). The molecule has 0 atom stereocenters. The third-order valence-electron chi connectivity index (χ3n) is 4.16. The van der Waals surface area contributed by atoms with Gasteiger partial charge in [-0.05, 0) is 31.5 Å². The Morgan fingerprint density at radius 3 is 2.79 bits per heavy atom. The Bertz CT molecular complexity index is 1200. The van der Waals surface area contributed by atoms with Crippen LogP contribution in [0.1, 0.15) is 25.5 Å². The molecule has 8 heteroatoms. The number of thiazole rings is 1. The van der Waals surface area contributed by atoms with Gasteiger partial charge in [0.25, 0.3) is 11.2 Å². The van der Waals surface area contributed by atoms with Gasteiger partial charge in [0, 0.05) is 25.1 Å². The summed E-state index contributed by atoms with van der Waals surface area (Å²) in [7, 11) is 0. The Balaban J connectivity index is 1.93. The highest BCUT2D eigenvalue weighted by Crippen LogP contribution is 2.30. The first-order valence-electron chi connectivity index (χ1n) is 8.60. The van der Waals surface area contributed by atoms with Gasteiger partial charge in [-0.2, -0.15) is 0 Å². The number of nitro benzene ring substituents is 1. The van der Waals surface area contributed by atoms with Gasteiger partial charge in [-0.1, -0.05) is 18.7 Å². The summed E-state index contributed by atoms with van der Waals surface area (Å²) < 4.78 is 8.32. The fraction of sp³-hybridized carbons (Fsp3) is 0.200. The number of hydrogen-bond donors (Lipinski definition) is 0. The molecule has 0 aliphatic carbocycles. The quantitative estimate of drug-likeness (QED) is 0.450. The minimum absolute atomic E-state index is 0.0487. The van der Waals surface area contributed by atoms with Crippen molar-refractivity contribution in [1.29, 1.82) is 0 Å². The highest BCUT2D eigenvalue weighted by Gasteiger charge is 2.17. The Kier molecular flexibility index (Phi) is 5.70. The standard InChI is InChI=1S/C20H18N2O5S/c1-13(23)6-5-11-21-14(2)28-19(20(21)24)12-15-9-10-18(27-15)16-7-3-4-8-17(16)22(25)26/h3-4,7-10,12H,2,5-6,11H2,1H3/b19-12-. The van der Waals surface area contributed by atoms with E-state index in [4.69, 9.17) is 4.42 Å². The van der Waals surface area contributed by atoms with E-state index in [1.807, 2.05) is 0 Å². The van der Waals surface area contributed by atoms with Gasteiger partial charge in [0.05, 0.1) is 19.7 Å². The summed E-state index contributed by atoms with van der Waals surface area (Å²) in [4.78, 5) is 34.4. The molecule has 0 radical (unpaired) electrons. The lowest BCUT2D eigenvalue weighted by Crippen LogP contribution is -2.31. The molecule has 0 aliphatic heterocycles. The molecule has 2 heterocycles. The van der Waals surface area contributed by atoms with Crippen LogP contribution in [0.2, 0.25) is 0 Å². The van der Waals surface area contributed by atoms with Crippen molar-refractivity contribution in [2.75, 3.05) is 0 Å². The van der Waals surface area contributed by atoms with Crippen LogP contribution in [-0.2, 0) is 11.3 Å². The highest BCUT2D eigenvalue weighted by molar-refractivity contribution is 7.07.